The zero-order valence-electron chi connectivity index (χ0n) is 10.7. The minimum Gasteiger partial charge on any atom is -0.484 e. The van der Waals surface area contributed by atoms with Gasteiger partial charge in [-0.05, 0) is 25.1 Å². The van der Waals surface area contributed by atoms with Crippen molar-refractivity contribution in [3.05, 3.63) is 57.7 Å². The van der Waals surface area contributed by atoms with Crippen molar-refractivity contribution in [3.8, 4) is 5.75 Å². The van der Waals surface area contributed by atoms with E-state index >= 15 is 0 Å². The largest absolute Gasteiger partial charge is 0.484 e. The summed E-state index contributed by atoms with van der Waals surface area (Å²) in [6.07, 6.45) is 1.52. The Morgan fingerprint density at radius 3 is 2.85 bits per heavy atom. The van der Waals surface area contributed by atoms with Crippen molar-refractivity contribution in [1.29, 1.82) is 0 Å². The summed E-state index contributed by atoms with van der Waals surface area (Å²) in [5.41, 5.74) is 6.70. The SMILES string of the molecule is Cc1cc(OCc2cc(N)ccn2)c(F)cc1[N+](=O)[O-]. The molecule has 20 heavy (non-hydrogen) atoms. The van der Waals surface area contributed by atoms with Crippen molar-refractivity contribution in [2.24, 2.45) is 0 Å². The topological polar surface area (TPSA) is 91.3 Å². The molecule has 0 atom stereocenters. The van der Waals surface area contributed by atoms with Crippen molar-refractivity contribution in [2.75, 3.05) is 5.73 Å². The molecule has 0 saturated heterocycles. The normalized spacial score (nSPS) is 10.3. The van der Waals surface area contributed by atoms with Crippen molar-refractivity contribution < 1.29 is 14.1 Å². The number of hydrogen-bond donors (Lipinski definition) is 1. The van der Waals surface area contributed by atoms with Gasteiger partial charge in [-0.15, -0.1) is 0 Å². The maximum Gasteiger partial charge on any atom is 0.275 e. The maximum absolute atomic E-state index is 13.7. The molecule has 0 bridgehead atoms. The second-order valence-electron chi connectivity index (χ2n) is 4.20. The molecule has 2 rings (SSSR count). The number of hydrogen-bond acceptors (Lipinski definition) is 5. The van der Waals surface area contributed by atoms with Gasteiger partial charge in [-0.3, -0.25) is 15.1 Å². The number of nitro benzene ring substituents is 1. The van der Waals surface area contributed by atoms with Gasteiger partial charge in [0, 0.05) is 17.4 Å². The first kappa shape index (κ1) is 13.7. The van der Waals surface area contributed by atoms with E-state index in [2.05, 4.69) is 4.98 Å². The van der Waals surface area contributed by atoms with E-state index < -0.39 is 10.7 Å². The number of anilines is 1. The molecule has 6 nitrogen and oxygen atoms in total. The fourth-order valence-corrected chi connectivity index (χ4v) is 1.68. The lowest BCUT2D eigenvalue weighted by atomic mass is 10.2. The van der Waals surface area contributed by atoms with Crippen LogP contribution in [0.1, 0.15) is 11.3 Å². The number of ether oxygens (including phenoxy) is 1. The quantitative estimate of drug-likeness (QED) is 0.685. The van der Waals surface area contributed by atoms with Crippen molar-refractivity contribution in [1.82, 2.24) is 4.98 Å². The van der Waals surface area contributed by atoms with Crippen LogP contribution in [0, 0.1) is 22.9 Å². The summed E-state index contributed by atoms with van der Waals surface area (Å²) in [7, 11) is 0. The van der Waals surface area contributed by atoms with E-state index in [1.807, 2.05) is 0 Å². The van der Waals surface area contributed by atoms with E-state index in [1.54, 1.807) is 12.1 Å². The van der Waals surface area contributed by atoms with Gasteiger partial charge < -0.3 is 10.5 Å². The van der Waals surface area contributed by atoms with Gasteiger partial charge in [0.05, 0.1) is 16.7 Å². The Kier molecular flexibility index (Phi) is 3.79. The van der Waals surface area contributed by atoms with Crippen molar-refractivity contribution >= 4 is 11.4 Å². The monoisotopic (exact) mass is 277 g/mol. The molecule has 1 aromatic heterocycles. The van der Waals surface area contributed by atoms with Gasteiger partial charge in [0.15, 0.2) is 11.6 Å². The molecule has 0 fully saturated rings. The number of benzene rings is 1. The molecule has 1 heterocycles. The highest BCUT2D eigenvalue weighted by Gasteiger charge is 2.16. The Balaban J connectivity index is 2.18. The first-order chi connectivity index (χ1) is 9.47. The van der Waals surface area contributed by atoms with Crippen molar-refractivity contribution in [3.63, 3.8) is 0 Å². The van der Waals surface area contributed by atoms with Gasteiger partial charge in [0.1, 0.15) is 6.61 Å². The number of nitro groups is 1. The number of rotatable bonds is 4. The van der Waals surface area contributed by atoms with E-state index in [1.165, 1.54) is 19.2 Å². The predicted molar refractivity (Wildman–Crippen MR) is 70.8 cm³/mol. The van der Waals surface area contributed by atoms with Crippen LogP contribution in [0.4, 0.5) is 15.8 Å². The third kappa shape index (κ3) is 3.00. The average Bonchev–Trinajstić information content (AvgIpc) is 2.39. The van der Waals surface area contributed by atoms with Crippen LogP contribution in [0.2, 0.25) is 0 Å². The molecule has 0 aliphatic rings. The Bertz CT molecular complexity index is 661. The van der Waals surface area contributed by atoms with E-state index in [0.717, 1.165) is 6.07 Å². The second kappa shape index (κ2) is 5.52. The van der Waals surface area contributed by atoms with Gasteiger partial charge in [0.2, 0.25) is 0 Å². The zero-order chi connectivity index (χ0) is 14.7. The molecular weight excluding hydrogens is 265 g/mol. The molecule has 0 amide bonds. The molecule has 0 aliphatic heterocycles. The third-order valence-electron chi connectivity index (χ3n) is 2.66. The fourth-order valence-electron chi connectivity index (χ4n) is 1.68. The summed E-state index contributed by atoms with van der Waals surface area (Å²) in [6, 6.07) is 5.37. The van der Waals surface area contributed by atoms with E-state index in [4.69, 9.17) is 10.5 Å². The molecule has 0 spiro atoms. The Morgan fingerprint density at radius 1 is 1.45 bits per heavy atom. The van der Waals surface area contributed by atoms with E-state index in [9.17, 15) is 14.5 Å². The summed E-state index contributed by atoms with van der Waals surface area (Å²) in [5, 5.41) is 10.7. The molecule has 0 aliphatic carbocycles. The molecule has 0 unspecified atom stereocenters. The fraction of sp³-hybridized carbons (Fsp3) is 0.154. The van der Waals surface area contributed by atoms with Gasteiger partial charge in [-0.2, -0.15) is 0 Å². The summed E-state index contributed by atoms with van der Waals surface area (Å²) in [4.78, 5) is 14.1. The highest BCUT2D eigenvalue weighted by molar-refractivity contribution is 5.45. The summed E-state index contributed by atoms with van der Waals surface area (Å²) in [6.45, 7) is 1.54. The predicted octanol–water partition coefficient (Wildman–Crippen LogP) is 2.60. The number of nitrogens with two attached hydrogens (primary N) is 1. The lowest BCUT2D eigenvalue weighted by Crippen LogP contribution is -2.02. The van der Waals surface area contributed by atoms with Crippen LogP contribution >= 0.6 is 0 Å². The molecule has 2 aromatic rings. The molecule has 7 heteroatoms. The number of aryl methyl sites for hydroxylation is 1. The smallest absolute Gasteiger partial charge is 0.275 e. The molecule has 2 N–H and O–H groups in total. The number of pyridine rings is 1. The van der Waals surface area contributed by atoms with Crippen molar-refractivity contribution in [2.45, 2.75) is 13.5 Å². The average molecular weight is 277 g/mol. The van der Waals surface area contributed by atoms with Crippen LogP contribution < -0.4 is 10.5 Å². The Morgan fingerprint density at radius 2 is 2.20 bits per heavy atom. The summed E-state index contributed by atoms with van der Waals surface area (Å²) < 4.78 is 19.0. The third-order valence-corrected chi connectivity index (χ3v) is 2.66. The number of nitrogens with zero attached hydrogens (tertiary/aromatic N) is 2. The molecule has 1 aromatic carbocycles. The second-order valence-corrected chi connectivity index (χ2v) is 4.20. The van der Waals surface area contributed by atoms with Crippen LogP contribution in [0.5, 0.6) is 5.75 Å². The minimum atomic E-state index is -0.786. The first-order valence-corrected chi connectivity index (χ1v) is 5.75. The lowest BCUT2D eigenvalue weighted by molar-refractivity contribution is -0.385. The van der Waals surface area contributed by atoms with Gasteiger partial charge >= 0.3 is 0 Å². The molecule has 104 valence electrons. The van der Waals surface area contributed by atoms with Crippen LogP contribution in [-0.4, -0.2) is 9.91 Å². The van der Waals surface area contributed by atoms with Gasteiger partial charge in [-0.1, -0.05) is 0 Å². The van der Waals surface area contributed by atoms with Crippen LogP contribution in [-0.2, 0) is 6.61 Å². The highest BCUT2D eigenvalue weighted by Crippen LogP contribution is 2.27. The Labute approximate surface area is 114 Å². The van der Waals surface area contributed by atoms with Crippen LogP contribution in [0.15, 0.2) is 30.5 Å². The minimum absolute atomic E-state index is 0.0270. The molecule has 0 saturated carbocycles. The Hall–Kier alpha value is -2.70. The summed E-state index contributed by atoms with van der Waals surface area (Å²) >= 11 is 0. The first-order valence-electron chi connectivity index (χ1n) is 5.75. The summed E-state index contributed by atoms with van der Waals surface area (Å²) in [5.74, 6) is -0.844. The van der Waals surface area contributed by atoms with E-state index in [0.29, 0.717) is 16.9 Å². The van der Waals surface area contributed by atoms with Crippen LogP contribution in [0.3, 0.4) is 0 Å². The number of nitrogen functional groups attached to an aromatic ring is 1. The number of aromatic nitrogens is 1. The standard InChI is InChI=1S/C13H12FN3O3/c1-8-4-13(11(14)6-12(8)17(18)19)20-7-10-5-9(15)2-3-16-10/h2-6H,7H2,1H3,(H2,15,16). The molecule has 0 radical (unpaired) electrons. The van der Waals surface area contributed by atoms with Gasteiger partial charge in [-0.25, -0.2) is 4.39 Å². The lowest BCUT2D eigenvalue weighted by Gasteiger charge is -2.08. The zero-order valence-corrected chi connectivity index (χ0v) is 10.7. The van der Waals surface area contributed by atoms with Gasteiger partial charge in [0.25, 0.3) is 5.69 Å². The highest BCUT2D eigenvalue weighted by atomic mass is 19.1. The number of halogens is 1. The van der Waals surface area contributed by atoms with Crippen LogP contribution in [0.25, 0.3) is 0 Å². The maximum atomic E-state index is 13.7. The van der Waals surface area contributed by atoms with E-state index in [-0.39, 0.29) is 18.0 Å². The molecular formula is C13H12FN3O3.